The number of nitrogens with zero attached hydrogens (tertiary/aromatic N) is 3. The molecule has 1 aromatic heterocycles. The standard InChI is InChI=1S/C26H21Br2FN4O4/c1-3-23-31-20-9-8-16(27)11-18(20)26(35)33(23)30-13-15-10-17(28)12-22(36-2)25(15)37-14-24(34)32-21-7-5-4-6-19(21)29/h4-13H,3,14H2,1-2H3,(H,32,34). The fraction of sp³-hybridized carbons (Fsp3) is 0.154. The van der Waals surface area contributed by atoms with E-state index in [9.17, 15) is 14.0 Å². The number of carbonyl (C=O) groups is 1. The molecule has 3 aromatic carbocycles. The Morgan fingerprint density at radius 2 is 1.95 bits per heavy atom. The smallest absolute Gasteiger partial charge is 0.282 e. The number of hydrogen-bond acceptors (Lipinski definition) is 6. The molecule has 0 unspecified atom stereocenters. The van der Waals surface area contributed by atoms with Crippen molar-refractivity contribution in [2.45, 2.75) is 13.3 Å². The minimum Gasteiger partial charge on any atom is -0.493 e. The van der Waals surface area contributed by atoms with E-state index in [-0.39, 0.29) is 17.0 Å². The second kappa shape index (κ2) is 11.7. The molecule has 0 aliphatic heterocycles. The van der Waals surface area contributed by atoms with E-state index in [1.54, 1.807) is 30.3 Å². The molecule has 0 atom stereocenters. The molecule has 8 nitrogen and oxygen atoms in total. The van der Waals surface area contributed by atoms with Gasteiger partial charge in [0.2, 0.25) is 0 Å². The first-order valence-electron chi connectivity index (χ1n) is 11.1. The number of ether oxygens (including phenoxy) is 2. The summed E-state index contributed by atoms with van der Waals surface area (Å²) in [6, 6.07) is 14.5. The van der Waals surface area contributed by atoms with E-state index in [2.05, 4.69) is 47.3 Å². The molecule has 1 heterocycles. The molecular weight excluding hydrogens is 611 g/mol. The summed E-state index contributed by atoms with van der Waals surface area (Å²) < 4.78 is 27.7. The van der Waals surface area contributed by atoms with Crippen molar-refractivity contribution < 1.29 is 18.7 Å². The number of rotatable bonds is 8. The average Bonchev–Trinajstić information content (AvgIpc) is 2.88. The molecule has 0 spiro atoms. The van der Waals surface area contributed by atoms with Crippen molar-refractivity contribution in [3.63, 3.8) is 0 Å². The van der Waals surface area contributed by atoms with Crippen molar-refractivity contribution in [1.82, 2.24) is 9.66 Å². The van der Waals surface area contributed by atoms with Crippen LogP contribution in [0.1, 0.15) is 18.3 Å². The second-order valence-electron chi connectivity index (χ2n) is 7.75. The van der Waals surface area contributed by atoms with E-state index >= 15 is 0 Å². The van der Waals surface area contributed by atoms with Crippen LogP contribution in [0, 0.1) is 5.82 Å². The number of hydrogen-bond donors (Lipinski definition) is 1. The molecule has 4 rings (SSSR count). The molecule has 11 heteroatoms. The zero-order chi connectivity index (χ0) is 26.5. The Bertz CT molecular complexity index is 1570. The second-order valence-corrected chi connectivity index (χ2v) is 9.58. The summed E-state index contributed by atoms with van der Waals surface area (Å²) in [6.07, 6.45) is 1.91. The van der Waals surface area contributed by atoms with E-state index in [1.807, 2.05) is 13.0 Å². The topological polar surface area (TPSA) is 94.8 Å². The van der Waals surface area contributed by atoms with Crippen LogP contribution in [0.5, 0.6) is 11.5 Å². The van der Waals surface area contributed by atoms with E-state index < -0.39 is 18.3 Å². The van der Waals surface area contributed by atoms with Gasteiger partial charge >= 0.3 is 0 Å². The van der Waals surface area contributed by atoms with E-state index in [1.165, 1.54) is 36.2 Å². The van der Waals surface area contributed by atoms with Crippen LogP contribution < -0.4 is 20.3 Å². The summed E-state index contributed by atoms with van der Waals surface area (Å²) in [5, 5.41) is 7.29. The summed E-state index contributed by atoms with van der Waals surface area (Å²) in [5.41, 5.74) is 0.731. The van der Waals surface area contributed by atoms with Gasteiger partial charge in [-0.25, -0.2) is 9.37 Å². The lowest BCUT2D eigenvalue weighted by Gasteiger charge is -2.14. The molecule has 0 saturated carbocycles. The van der Waals surface area contributed by atoms with E-state index in [4.69, 9.17) is 9.47 Å². The van der Waals surface area contributed by atoms with Gasteiger partial charge in [0, 0.05) is 20.9 Å². The van der Waals surface area contributed by atoms with Crippen LogP contribution in [0.4, 0.5) is 10.1 Å². The van der Waals surface area contributed by atoms with Crippen LogP contribution in [0.15, 0.2) is 73.4 Å². The van der Waals surface area contributed by atoms with Gasteiger partial charge in [0.25, 0.3) is 11.5 Å². The van der Waals surface area contributed by atoms with Crippen molar-refractivity contribution in [1.29, 1.82) is 0 Å². The van der Waals surface area contributed by atoms with Gasteiger partial charge in [0.05, 0.1) is 29.9 Å². The lowest BCUT2D eigenvalue weighted by atomic mass is 10.2. The van der Waals surface area contributed by atoms with E-state index in [0.29, 0.717) is 38.9 Å². The number of benzene rings is 3. The third-order valence-electron chi connectivity index (χ3n) is 5.27. The predicted molar refractivity (Wildman–Crippen MR) is 147 cm³/mol. The Kier molecular flexibility index (Phi) is 8.34. The van der Waals surface area contributed by atoms with Crippen molar-refractivity contribution in [2.75, 3.05) is 19.0 Å². The molecular formula is C26H21Br2FN4O4. The summed E-state index contributed by atoms with van der Waals surface area (Å²) in [4.78, 5) is 30.2. The fourth-order valence-corrected chi connectivity index (χ4v) is 4.36. The molecule has 1 N–H and O–H groups in total. The molecule has 0 saturated heterocycles. The highest BCUT2D eigenvalue weighted by molar-refractivity contribution is 9.10. The molecule has 0 aliphatic rings. The molecule has 1 amide bonds. The highest BCUT2D eigenvalue weighted by atomic mass is 79.9. The van der Waals surface area contributed by atoms with Crippen molar-refractivity contribution in [3.8, 4) is 11.5 Å². The van der Waals surface area contributed by atoms with Gasteiger partial charge in [0.1, 0.15) is 11.6 Å². The Morgan fingerprint density at radius 3 is 2.68 bits per heavy atom. The molecule has 0 fully saturated rings. The molecule has 0 bridgehead atoms. The predicted octanol–water partition coefficient (Wildman–Crippen LogP) is 5.53. The normalized spacial score (nSPS) is 11.2. The maximum absolute atomic E-state index is 13.9. The zero-order valence-corrected chi connectivity index (χ0v) is 23.0. The Balaban J connectivity index is 1.67. The van der Waals surface area contributed by atoms with Crippen molar-refractivity contribution in [2.24, 2.45) is 5.10 Å². The highest BCUT2D eigenvalue weighted by Crippen LogP contribution is 2.34. The van der Waals surface area contributed by atoms with Crippen LogP contribution in [0.2, 0.25) is 0 Å². The van der Waals surface area contributed by atoms with Crippen LogP contribution in [-0.4, -0.2) is 35.5 Å². The van der Waals surface area contributed by atoms with Gasteiger partial charge in [-0.2, -0.15) is 9.78 Å². The number of anilines is 1. The van der Waals surface area contributed by atoms with Gasteiger partial charge < -0.3 is 14.8 Å². The van der Waals surface area contributed by atoms with Gasteiger partial charge in [-0.3, -0.25) is 9.59 Å². The van der Waals surface area contributed by atoms with Gasteiger partial charge in [-0.05, 0) is 42.5 Å². The van der Waals surface area contributed by atoms with Crippen molar-refractivity contribution in [3.05, 3.63) is 91.1 Å². The van der Waals surface area contributed by atoms with Crippen molar-refractivity contribution >= 4 is 60.6 Å². The lowest BCUT2D eigenvalue weighted by Crippen LogP contribution is -2.22. The van der Waals surface area contributed by atoms with Gasteiger partial charge in [-0.1, -0.05) is 50.9 Å². The van der Waals surface area contributed by atoms with Gasteiger partial charge in [0.15, 0.2) is 18.1 Å². The Morgan fingerprint density at radius 1 is 1.16 bits per heavy atom. The molecule has 37 heavy (non-hydrogen) atoms. The largest absolute Gasteiger partial charge is 0.493 e. The summed E-state index contributed by atoms with van der Waals surface area (Å²) >= 11 is 6.81. The van der Waals surface area contributed by atoms with Crippen LogP contribution in [-0.2, 0) is 11.2 Å². The highest BCUT2D eigenvalue weighted by Gasteiger charge is 2.16. The third-order valence-corrected chi connectivity index (χ3v) is 6.22. The minimum absolute atomic E-state index is 0.0440. The quantitative estimate of drug-likeness (QED) is 0.258. The first-order valence-corrected chi connectivity index (χ1v) is 12.7. The number of carbonyl (C=O) groups excluding carboxylic acids is 1. The molecule has 0 radical (unpaired) electrons. The van der Waals surface area contributed by atoms with E-state index in [0.717, 1.165) is 4.47 Å². The Labute approximate surface area is 228 Å². The lowest BCUT2D eigenvalue weighted by molar-refractivity contribution is -0.118. The molecule has 4 aromatic rings. The minimum atomic E-state index is -0.563. The SMILES string of the molecule is CCc1nc2ccc(Br)cc2c(=O)n1N=Cc1cc(Br)cc(OC)c1OCC(=O)Nc1ccccc1F. The average molecular weight is 632 g/mol. The first kappa shape index (κ1) is 26.5. The summed E-state index contributed by atoms with van der Waals surface area (Å²) in [5.74, 6) is -0.0894. The number of fused-ring (bicyclic) bond motifs is 1. The maximum atomic E-state index is 13.9. The van der Waals surface area contributed by atoms with Gasteiger partial charge in [-0.15, -0.1) is 0 Å². The first-order chi connectivity index (χ1) is 17.8. The number of aromatic nitrogens is 2. The Hall–Kier alpha value is -3.57. The maximum Gasteiger partial charge on any atom is 0.282 e. The zero-order valence-electron chi connectivity index (χ0n) is 19.8. The van der Waals surface area contributed by atoms with Crippen LogP contribution >= 0.6 is 31.9 Å². The summed E-state index contributed by atoms with van der Waals surface area (Å²) in [6.45, 7) is 1.46. The monoisotopic (exact) mass is 630 g/mol. The third kappa shape index (κ3) is 6.05. The van der Waals surface area contributed by atoms with Crippen LogP contribution in [0.25, 0.3) is 10.9 Å². The fourth-order valence-electron chi connectivity index (χ4n) is 3.54. The number of methoxy groups -OCH3 is 1. The number of halogens is 3. The summed E-state index contributed by atoms with van der Waals surface area (Å²) in [7, 11) is 1.46. The number of para-hydroxylation sites is 1. The van der Waals surface area contributed by atoms with Crippen LogP contribution in [0.3, 0.4) is 0 Å². The molecule has 190 valence electrons. The number of aryl methyl sites for hydroxylation is 1. The molecule has 0 aliphatic carbocycles. The number of nitrogens with one attached hydrogen (secondary N) is 1. The number of amides is 1.